The summed E-state index contributed by atoms with van der Waals surface area (Å²) in [5, 5.41) is 3.78. The van der Waals surface area contributed by atoms with E-state index in [0.29, 0.717) is 18.7 Å². The molecule has 1 fully saturated rings. The minimum absolute atomic E-state index is 0.179. The van der Waals surface area contributed by atoms with E-state index in [1.165, 1.54) is 12.1 Å². The van der Waals surface area contributed by atoms with E-state index in [-0.39, 0.29) is 17.4 Å². The maximum atomic E-state index is 13.3. The Bertz CT molecular complexity index is 724. The molecule has 1 saturated heterocycles. The van der Waals surface area contributed by atoms with Crippen molar-refractivity contribution in [2.45, 2.75) is 13.3 Å². The van der Waals surface area contributed by atoms with E-state index in [4.69, 9.17) is 4.52 Å². The molecule has 0 saturated carbocycles. The molecular formula is C17H19F2N3O2. The minimum atomic E-state index is -0.969. The van der Waals surface area contributed by atoms with Gasteiger partial charge in [0.25, 0.3) is 5.91 Å². The molecule has 2 aromatic rings. The van der Waals surface area contributed by atoms with Gasteiger partial charge in [0.1, 0.15) is 0 Å². The van der Waals surface area contributed by atoms with Crippen molar-refractivity contribution in [1.82, 2.24) is 15.0 Å². The average Bonchev–Trinajstić information content (AvgIpc) is 3.08. The molecule has 128 valence electrons. The Balaban J connectivity index is 1.69. The molecule has 1 aromatic heterocycles. The van der Waals surface area contributed by atoms with Crippen molar-refractivity contribution in [2.24, 2.45) is 0 Å². The van der Waals surface area contributed by atoms with Gasteiger partial charge in [-0.2, -0.15) is 0 Å². The number of carbonyl (C=O) groups excluding carboxylic acids is 1. The summed E-state index contributed by atoms with van der Waals surface area (Å²) in [7, 11) is 0. The number of nitrogens with zero attached hydrogens (tertiary/aromatic N) is 3. The largest absolute Gasteiger partial charge is 0.355 e. The molecule has 0 atom stereocenters. The first-order valence-electron chi connectivity index (χ1n) is 8.02. The molecule has 0 unspecified atom stereocenters. The van der Waals surface area contributed by atoms with Crippen LogP contribution in [0.5, 0.6) is 0 Å². The van der Waals surface area contributed by atoms with Crippen LogP contribution in [-0.2, 0) is 0 Å². The minimum Gasteiger partial charge on any atom is -0.355 e. The van der Waals surface area contributed by atoms with Crippen molar-refractivity contribution in [3.05, 3.63) is 41.6 Å². The molecule has 7 heteroatoms. The van der Waals surface area contributed by atoms with Crippen molar-refractivity contribution >= 4 is 5.91 Å². The average molecular weight is 335 g/mol. The highest BCUT2D eigenvalue weighted by Crippen LogP contribution is 2.23. The Labute approximate surface area is 138 Å². The molecule has 0 radical (unpaired) electrons. The van der Waals surface area contributed by atoms with Gasteiger partial charge in [0.2, 0.25) is 0 Å². The van der Waals surface area contributed by atoms with Crippen molar-refractivity contribution in [1.29, 1.82) is 0 Å². The summed E-state index contributed by atoms with van der Waals surface area (Å²) < 4.78 is 31.4. The fraction of sp³-hybridized carbons (Fsp3) is 0.412. The maximum Gasteiger partial charge on any atom is 0.276 e. The van der Waals surface area contributed by atoms with Crippen LogP contribution in [0.4, 0.5) is 8.78 Å². The van der Waals surface area contributed by atoms with Gasteiger partial charge >= 0.3 is 0 Å². The number of halogens is 2. The molecule has 1 aromatic carbocycles. The second-order valence-corrected chi connectivity index (χ2v) is 5.84. The van der Waals surface area contributed by atoms with Crippen LogP contribution >= 0.6 is 0 Å². The fourth-order valence-electron chi connectivity index (χ4n) is 2.81. The Morgan fingerprint density at radius 1 is 1.17 bits per heavy atom. The Morgan fingerprint density at radius 2 is 1.92 bits per heavy atom. The van der Waals surface area contributed by atoms with Gasteiger partial charge in [0.05, 0.1) is 0 Å². The summed E-state index contributed by atoms with van der Waals surface area (Å²) in [4.78, 5) is 16.5. The third kappa shape index (κ3) is 3.46. The first kappa shape index (κ1) is 16.6. The monoisotopic (exact) mass is 335 g/mol. The highest BCUT2D eigenvalue weighted by molar-refractivity contribution is 5.93. The molecule has 0 aliphatic carbocycles. The SMILES string of the molecule is CCCN1CCN(C(=O)c2cc(-c3ccc(F)c(F)c3)on2)CC1. The number of aromatic nitrogens is 1. The summed E-state index contributed by atoms with van der Waals surface area (Å²) in [5.74, 6) is -1.87. The molecular weight excluding hydrogens is 316 g/mol. The normalized spacial score (nSPS) is 15.7. The van der Waals surface area contributed by atoms with Crippen molar-refractivity contribution in [3.63, 3.8) is 0 Å². The van der Waals surface area contributed by atoms with E-state index in [1.807, 2.05) is 0 Å². The summed E-state index contributed by atoms with van der Waals surface area (Å²) >= 11 is 0. The van der Waals surface area contributed by atoms with Gasteiger partial charge < -0.3 is 9.42 Å². The molecule has 3 rings (SSSR count). The molecule has 2 heterocycles. The van der Waals surface area contributed by atoms with Crippen LogP contribution in [0, 0.1) is 11.6 Å². The third-order valence-corrected chi connectivity index (χ3v) is 4.13. The zero-order valence-corrected chi connectivity index (χ0v) is 13.5. The smallest absolute Gasteiger partial charge is 0.276 e. The van der Waals surface area contributed by atoms with Gasteiger partial charge in [-0.15, -0.1) is 0 Å². The highest BCUT2D eigenvalue weighted by Gasteiger charge is 2.24. The number of piperazine rings is 1. The van der Waals surface area contributed by atoms with Crippen molar-refractivity contribution < 1.29 is 18.1 Å². The molecule has 1 aliphatic heterocycles. The molecule has 0 N–H and O–H groups in total. The van der Waals surface area contributed by atoms with E-state index in [9.17, 15) is 13.6 Å². The topological polar surface area (TPSA) is 49.6 Å². The van der Waals surface area contributed by atoms with Crippen LogP contribution in [0.15, 0.2) is 28.8 Å². The van der Waals surface area contributed by atoms with E-state index in [2.05, 4.69) is 17.0 Å². The summed E-state index contributed by atoms with van der Waals surface area (Å²) in [5.41, 5.74) is 0.520. The van der Waals surface area contributed by atoms with E-state index >= 15 is 0 Å². The van der Waals surface area contributed by atoms with Gasteiger partial charge in [-0.25, -0.2) is 8.78 Å². The first-order chi connectivity index (χ1) is 11.6. The lowest BCUT2D eigenvalue weighted by molar-refractivity contribution is 0.0627. The standard InChI is InChI=1S/C17H19F2N3O2/c1-2-5-21-6-8-22(9-7-21)17(23)15-11-16(24-20-15)12-3-4-13(18)14(19)10-12/h3-4,10-11H,2,5-9H2,1H3. The van der Waals surface area contributed by atoms with Crippen LogP contribution in [0.1, 0.15) is 23.8 Å². The molecule has 1 aliphatic rings. The van der Waals surface area contributed by atoms with Crippen molar-refractivity contribution in [3.8, 4) is 11.3 Å². The number of hydrogen-bond acceptors (Lipinski definition) is 4. The fourth-order valence-corrected chi connectivity index (χ4v) is 2.81. The second kappa shape index (κ2) is 7.09. The quantitative estimate of drug-likeness (QED) is 0.862. The Hall–Kier alpha value is -2.28. The molecule has 24 heavy (non-hydrogen) atoms. The lowest BCUT2D eigenvalue weighted by Crippen LogP contribution is -2.48. The molecule has 5 nitrogen and oxygen atoms in total. The van der Waals surface area contributed by atoms with Gasteiger partial charge in [0, 0.05) is 37.8 Å². The van der Waals surface area contributed by atoms with Crippen LogP contribution in [0.2, 0.25) is 0 Å². The second-order valence-electron chi connectivity index (χ2n) is 5.84. The predicted octanol–water partition coefficient (Wildman–Crippen LogP) is 2.79. The van der Waals surface area contributed by atoms with E-state index < -0.39 is 11.6 Å². The summed E-state index contributed by atoms with van der Waals surface area (Å²) in [6.45, 7) is 6.14. The lowest BCUT2D eigenvalue weighted by Gasteiger charge is -2.34. The van der Waals surface area contributed by atoms with Gasteiger partial charge in [-0.3, -0.25) is 9.69 Å². The van der Waals surface area contributed by atoms with Crippen LogP contribution in [-0.4, -0.2) is 53.6 Å². The van der Waals surface area contributed by atoms with Crippen LogP contribution in [0.3, 0.4) is 0 Å². The Morgan fingerprint density at radius 3 is 2.58 bits per heavy atom. The van der Waals surface area contributed by atoms with Gasteiger partial charge in [0.15, 0.2) is 23.1 Å². The molecule has 0 bridgehead atoms. The van der Waals surface area contributed by atoms with Crippen LogP contribution in [0.25, 0.3) is 11.3 Å². The van der Waals surface area contributed by atoms with Crippen molar-refractivity contribution in [2.75, 3.05) is 32.7 Å². The van der Waals surface area contributed by atoms with Gasteiger partial charge in [-0.05, 0) is 31.2 Å². The molecule has 0 spiro atoms. The number of amides is 1. The zero-order valence-electron chi connectivity index (χ0n) is 13.5. The van der Waals surface area contributed by atoms with Crippen LogP contribution < -0.4 is 0 Å². The molecule has 1 amide bonds. The number of carbonyl (C=O) groups is 1. The highest BCUT2D eigenvalue weighted by atomic mass is 19.2. The summed E-state index contributed by atoms with van der Waals surface area (Å²) in [6.07, 6.45) is 1.09. The maximum absolute atomic E-state index is 13.3. The summed E-state index contributed by atoms with van der Waals surface area (Å²) in [6, 6.07) is 4.89. The van der Waals surface area contributed by atoms with E-state index in [0.717, 1.165) is 38.2 Å². The number of benzene rings is 1. The number of hydrogen-bond donors (Lipinski definition) is 0. The number of rotatable bonds is 4. The Kier molecular flexibility index (Phi) is 4.89. The third-order valence-electron chi connectivity index (χ3n) is 4.13. The zero-order chi connectivity index (χ0) is 17.1. The van der Waals surface area contributed by atoms with E-state index in [1.54, 1.807) is 4.90 Å². The lowest BCUT2D eigenvalue weighted by atomic mass is 10.1. The first-order valence-corrected chi connectivity index (χ1v) is 8.02. The predicted molar refractivity (Wildman–Crippen MR) is 84.5 cm³/mol. The van der Waals surface area contributed by atoms with Gasteiger partial charge in [-0.1, -0.05) is 12.1 Å².